The molecule has 1 N–H and O–H groups in total. The van der Waals surface area contributed by atoms with E-state index in [0.717, 1.165) is 5.57 Å². The van der Waals surface area contributed by atoms with Gasteiger partial charge in [-0.1, -0.05) is 11.6 Å². The third-order valence-corrected chi connectivity index (χ3v) is 2.02. The van der Waals surface area contributed by atoms with E-state index in [0.29, 0.717) is 5.82 Å². The highest BCUT2D eigenvalue weighted by atomic mass is 16.2. The molecule has 0 saturated heterocycles. The largest absolute Gasteiger partial charge is 0.309 e. The summed E-state index contributed by atoms with van der Waals surface area (Å²) < 4.78 is 0. The number of anilines is 1. The summed E-state index contributed by atoms with van der Waals surface area (Å²) in [6.07, 6.45) is 2.79. The topological polar surface area (TPSA) is 82.8 Å². The number of amides is 1. The zero-order valence-corrected chi connectivity index (χ0v) is 10.2. The SMILES string of the molecule is CC(C)=CC(=O)C(C#N)C(=O)Nc1ccccn1. The predicted octanol–water partition coefficient (Wildman–Crippen LogP) is 1.70. The third-order valence-electron chi connectivity index (χ3n) is 2.02. The van der Waals surface area contributed by atoms with Crippen molar-refractivity contribution in [1.82, 2.24) is 4.98 Å². The number of aromatic nitrogens is 1. The van der Waals surface area contributed by atoms with Crippen LogP contribution in [0.5, 0.6) is 0 Å². The highest BCUT2D eigenvalue weighted by Gasteiger charge is 2.24. The summed E-state index contributed by atoms with van der Waals surface area (Å²) >= 11 is 0. The molecule has 0 aromatic carbocycles. The monoisotopic (exact) mass is 243 g/mol. The van der Waals surface area contributed by atoms with Gasteiger partial charge in [0.1, 0.15) is 5.82 Å². The lowest BCUT2D eigenvalue weighted by Gasteiger charge is -2.06. The van der Waals surface area contributed by atoms with E-state index in [9.17, 15) is 9.59 Å². The first-order valence-electron chi connectivity index (χ1n) is 5.35. The number of pyridine rings is 1. The van der Waals surface area contributed by atoms with Crippen molar-refractivity contribution >= 4 is 17.5 Å². The second kappa shape index (κ2) is 6.30. The summed E-state index contributed by atoms with van der Waals surface area (Å²) in [5.74, 6) is -2.22. The fraction of sp³-hybridized carbons (Fsp3) is 0.231. The van der Waals surface area contributed by atoms with Crippen molar-refractivity contribution in [3.63, 3.8) is 0 Å². The van der Waals surface area contributed by atoms with Gasteiger partial charge in [0.25, 0.3) is 5.91 Å². The minimum Gasteiger partial charge on any atom is -0.309 e. The van der Waals surface area contributed by atoms with E-state index in [1.54, 1.807) is 38.1 Å². The summed E-state index contributed by atoms with van der Waals surface area (Å²) in [7, 11) is 0. The van der Waals surface area contributed by atoms with Gasteiger partial charge in [-0.15, -0.1) is 0 Å². The smallest absolute Gasteiger partial charge is 0.250 e. The Kier molecular flexibility index (Phi) is 4.76. The number of hydrogen-bond donors (Lipinski definition) is 1. The number of ketones is 1. The second-order valence-electron chi connectivity index (χ2n) is 3.89. The van der Waals surface area contributed by atoms with Gasteiger partial charge in [-0.2, -0.15) is 5.26 Å². The summed E-state index contributed by atoms with van der Waals surface area (Å²) in [5, 5.41) is 11.3. The van der Waals surface area contributed by atoms with Gasteiger partial charge in [0.2, 0.25) is 0 Å². The highest BCUT2D eigenvalue weighted by molar-refractivity contribution is 6.13. The lowest BCUT2D eigenvalue weighted by molar-refractivity contribution is -0.126. The first kappa shape index (κ1) is 13.6. The maximum absolute atomic E-state index is 11.7. The van der Waals surface area contributed by atoms with Crippen LogP contribution in [0.25, 0.3) is 0 Å². The molecule has 18 heavy (non-hydrogen) atoms. The van der Waals surface area contributed by atoms with Crippen LogP contribution in [0.3, 0.4) is 0 Å². The van der Waals surface area contributed by atoms with E-state index >= 15 is 0 Å². The van der Waals surface area contributed by atoms with E-state index in [-0.39, 0.29) is 0 Å². The number of carbonyl (C=O) groups excluding carboxylic acids is 2. The Hall–Kier alpha value is -2.48. The Bertz CT molecular complexity index is 511. The summed E-state index contributed by atoms with van der Waals surface area (Å²) in [4.78, 5) is 27.3. The molecule has 1 rings (SSSR count). The summed E-state index contributed by atoms with van der Waals surface area (Å²) in [6, 6.07) is 6.67. The zero-order valence-electron chi connectivity index (χ0n) is 10.2. The quantitative estimate of drug-likeness (QED) is 0.644. The highest BCUT2D eigenvalue weighted by Crippen LogP contribution is 2.07. The van der Waals surface area contributed by atoms with E-state index in [1.165, 1.54) is 12.3 Å². The molecule has 1 atom stereocenters. The molecule has 0 radical (unpaired) electrons. The van der Waals surface area contributed by atoms with Crippen LogP contribution in [-0.2, 0) is 9.59 Å². The van der Waals surface area contributed by atoms with Crippen LogP contribution in [0, 0.1) is 17.2 Å². The number of nitriles is 1. The molecule has 5 nitrogen and oxygen atoms in total. The van der Waals surface area contributed by atoms with E-state index < -0.39 is 17.6 Å². The molecule has 5 heteroatoms. The van der Waals surface area contributed by atoms with Crippen LogP contribution in [-0.4, -0.2) is 16.7 Å². The van der Waals surface area contributed by atoms with Crippen molar-refractivity contribution in [2.75, 3.05) is 5.32 Å². The molecule has 0 aliphatic heterocycles. The Labute approximate surface area is 105 Å². The molecular weight excluding hydrogens is 230 g/mol. The summed E-state index contributed by atoms with van der Waals surface area (Å²) in [6.45, 7) is 3.45. The number of nitrogens with one attached hydrogen (secondary N) is 1. The average Bonchev–Trinajstić information content (AvgIpc) is 2.30. The van der Waals surface area contributed by atoms with Gasteiger partial charge in [-0.05, 0) is 32.1 Å². The molecule has 0 saturated carbocycles. The number of allylic oxidation sites excluding steroid dienone is 2. The minimum absolute atomic E-state index is 0.313. The van der Waals surface area contributed by atoms with Gasteiger partial charge < -0.3 is 5.32 Å². The van der Waals surface area contributed by atoms with Crippen molar-refractivity contribution in [3.8, 4) is 6.07 Å². The molecule has 1 amide bonds. The Morgan fingerprint density at radius 1 is 1.44 bits per heavy atom. The van der Waals surface area contributed by atoms with Crippen molar-refractivity contribution in [1.29, 1.82) is 5.26 Å². The van der Waals surface area contributed by atoms with Crippen LogP contribution < -0.4 is 5.32 Å². The van der Waals surface area contributed by atoms with E-state index in [1.807, 2.05) is 0 Å². The van der Waals surface area contributed by atoms with Gasteiger partial charge in [0.15, 0.2) is 11.7 Å². The van der Waals surface area contributed by atoms with E-state index in [2.05, 4.69) is 10.3 Å². The van der Waals surface area contributed by atoms with Crippen molar-refractivity contribution in [2.45, 2.75) is 13.8 Å². The Morgan fingerprint density at radius 3 is 2.67 bits per heavy atom. The van der Waals surface area contributed by atoms with Crippen LogP contribution in [0.2, 0.25) is 0 Å². The molecule has 1 aromatic heterocycles. The van der Waals surface area contributed by atoms with Crippen molar-refractivity contribution in [2.24, 2.45) is 5.92 Å². The minimum atomic E-state index is -1.35. The molecule has 0 aliphatic rings. The summed E-state index contributed by atoms with van der Waals surface area (Å²) in [5.41, 5.74) is 0.742. The maximum Gasteiger partial charge on any atom is 0.250 e. The average molecular weight is 243 g/mol. The first-order valence-corrected chi connectivity index (χ1v) is 5.35. The fourth-order valence-corrected chi connectivity index (χ4v) is 1.25. The molecule has 0 spiro atoms. The van der Waals surface area contributed by atoms with Crippen LogP contribution in [0.1, 0.15) is 13.8 Å². The number of hydrogen-bond acceptors (Lipinski definition) is 4. The molecule has 1 heterocycles. The standard InChI is InChI=1S/C13H13N3O2/c1-9(2)7-11(17)10(8-14)13(18)16-12-5-3-4-6-15-12/h3-7,10H,1-2H3,(H,15,16,18). The fourth-order valence-electron chi connectivity index (χ4n) is 1.25. The number of rotatable bonds is 4. The molecule has 1 aromatic rings. The molecular formula is C13H13N3O2. The maximum atomic E-state index is 11.7. The lowest BCUT2D eigenvalue weighted by Crippen LogP contribution is -2.28. The Balaban J connectivity index is 2.79. The second-order valence-corrected chi connectivity index (χ2v) is 3.89. The molecule has 0 fully saturated rings. The van der Waals surface area contributed by atoms with Gasteiger partial charge in [0.05, 0.1) is 6.07 Å². The number of carbonyl (C=O) groups is 2. The van der Waals surface area contributed by atoms with Gasteiger partial charge in [-0.3, -0.25) is 9.59 Å². The van der Waals surface area contributed by atoms with E-state index in [4.69, 9.17) is 5.26 Å². The van der Waals surface area contributed by atoms with Crippen LogP contribution >= 0.6 is 0 Å². The predicted molar refractivity (Wildman–Crippen MR) is 66.4 cm³/mol. The third kappa shape index (κ3) is 3.83. The van der Waals surface area contributed by atoms with Gasteiger partial charge >= 0.3 is 0 Å². The van der Waals surface area contributed by atoms with Crippen LogP contribution in [0.4, 0.5) is 5.82 Å². The van der Waals surface area contributed by atoms with Gasteiger partial charge in [-0.25, -0.2) is 4.98 Å². The Morgan fingerprint density at radius 2 is 2.17 bits per heavy atom. The van der Waals surface area contributed by atoms with Crippen LogP contribution in [0.15, 0.2) is 36.0 Å². The molecule has 0 bridgehead atoms. The zero-order chi connectivity index (χ0) is 13.5. The normalized spacial score (nSPS) is 10.9. The molecule has 92 valence electrons. The number of nitrogens with zero attached hydrogens (tertiary/aromatic N) is 2. The first-order chi connectivity index (χ1) is 8.54. The van der Waals surface area contributed by atoms with Crippen molar-refractivity contribution < 1.29 is 9.59 Å². The van der Waals surface area contributed by atoms with Crippen molar-refractivity contribution in [3.05, 3.63) is 36.0 Å². The molecule has 0 aliphatic carbocycles. The lowest BCUT2D eigenvalue weighted by atomic mass is 10.0. The molecule has 1 unspecified atom stereocenters. The van der Waals surface area contributed by atoms with Gasteiger partial charge in [0, 0.05) is 6.20 Å².